The number of aliphatic carboxylic acids is 1. The van der Waals surface area contributed by atoms with Gasteiger partial charge in [0.1, 0.15) is 25.4 Å². The number of unbranched alkanes of at least 4 members (excludes halogenated alkanes) is 8. The Labute approximate surface area is 283 Å². The van der Waals surface area contributed by atoms with Gasteiger partial charge in [-0.15, -0.1) is 0 Å². The average Bonchev–Trinajstić information content (AvgIpc) is 3.38. The Morgan fingerprint density at radius 3 is 1.87 bits per heavy atom. The maximum Gasteiger partial charge on any atom is 0.407 e. The van der Waals surface area contributed by atoms with Crippen LogP contribution in [0, 0.1) is 0 Å². The molecular formula is C37H51NO8S. The summed E-state index contributed by atoms with van der Waals surface area (Å²) in [5.41, 5.74) is 4.32. The van der Waals surface area contributed by atoms with E-state index in [-0.39, 0.29) is 49.0 Å². The number of carboxylic acid groups (broad SMARTS) is 1. The number of fused-ring (bicyclic) bond motifs is 3. The number of thioether (sulfide) groups is 1. The highest BCUT2D eigenvalue weighted by atomic mass is 32.2. The highest BCUT2D eigenvalue weighted by molar-refractivity contribution is 7.99. The number of carbonyl (C=O) groups excluding carboxylic acids is 3. The van der Waals surface area contributed by atoms with Gasteiger partial charge in [0.25, 0.3) is 0 Å². The molecule has 1 aliphatic rings. The first-order chi connectivity index (χ1) is 22.8. The number of carbonyl (C=O) groups is 4. The summed E-state index contributed by atoms with van der Waals surface area (Å²) in [4.78, 5) is 49.6. The normalized spacial score (nSPS) is 13.2. The second kappa shape index (κ2) is 21.4. The van der Waals surface area contributed by atoms with Gasteiger partial charge in [0, 0.05) is 30.3 Å². The van der Waals surface area contributed by atoms with Crippen molar-refractivity contribution >= 4 is 35.8 Å². The number of amides is 1. The minimum atomic E-state index is -1.23. The molecule has 0 aromatic heterocycles. The van der Waals surface area contributed by atoms with Gasteiger partial charge < -0.3 is 24.6 Å². The van der Waals surface area contributed by atoms with Crippen LogP contribution in [0.3, 0.4) is 0 Å². The fourth-order valence-corrected chi connectivity index (χ4v) is 6.66. The summed E-state index contributed by atoms with van der Waals surface area (Å²) in [6, 6.07) is 14.7. The summed E-state index contributed by atoms with van der Waals surface area (Å²) in [7, 11) is 0. The molecule has 0 spiro atoms. The van der Waals surface area contributed by atoms with Crippen LogP contribution in [0.2, 0.25) is 0 Å². The van der Waals surface area contributed by atoms with E-state index < -0.39 is 24.2 Å². The minimum absolute atomic E-state index is 0.00989. The van der Waals surface area contributed by atoms with Gasteiger partial charge in [0.15, 0.2) is 0 Å². The standard InChI is InChI=1S/C37H51NO8S/c1-3-5-7-9-11-21-34(39)44-23-27(46-35(40)22-12-10-8-6-4-2)25-47-26-33(36(41)42)38-37(43)45-24-32-30-19-15-13-17-28(30)29-18-14-16-20-31(29)32/h13-20,27,32-33H,3-12,21-26H2,1-2H3,(H,38,43)(H,41,42). The van der Waals surface area contributed by atoms with E-state index in [0.717, 1.165) is 86.5 Å². The number of hydrogen-bond acceptors (Lipinski definition) is 8. The molecule has 0 heterocycles. The Hall–Kier alpha value is -3.53. The molecule has 10 heteroatoms. The molecule has 2 unspecified atom stereocenters. The van der Waals surface area contributed by atoms with Crippen LogP contribution in [0.25, 0.3) is 11.1 Å². The molecule has 9 nitrogen and oxygen atoms in total. The van der Waals surface area contributed by atoms with Crippen molar-refractivity contribution in [3.8, 4) is 11.1 Å². The summed E-state index contributed by atoms with van der Waals surface area (Å²) in [5, 5.41) is 12.3. The predicted molar refractivity (Wildman–Crippen MR) is 185 cm³/mol. The molecule has 0 aliphatic heterocycles. The lowest BCUT2D eigenvalue weighted by molar-refractivity contribution is -0.157. The van der Waals surface area contributed by atoms with Crippen molar-refractivity contribution < 1.29 is 38.5 Å². The molecule has 2 aromatic rings. The zero-order chi connectivity index (χ0) is 33.9. The molecule has 0 saturated carbocycles. The topological polar surface area (TPSA) is 128 Å². The number of alkyl carbamates (subject to hydrolysis) is 1. The number of ether oxygens (including phenoxy) is 3. The van der Waals surface area contributed by atoms with Crippen LogP contribution in [-0.2, 0) is 28.6 Å². The van der Waals surface area contributed by atoms with Crippen LogP contribution in [0.4, 0.5) is 4.79 Å². The highest BCUT2D eigenvalue weighted by Crippen LogP contribution is 2.44. The Morgan fingerprint density at radius 2 is 1.30 bits per heavy atom. The van der Waals surface area contributed by atoms with Crippen molar-refractivity contribution in [1.82, 2.24) is 5.32 Å². The van der Waals surface area contributed by atoms with E-state index in [4.69, 9.17) is 14.2 Å². The van der Waals surface area contributed by atoms with Crippen LogP contribution >= 0.6 is 11.8 Å². The number of benzene rings is 2. The van der Waals surface area contributed by atoms with Crippen molar-refractivity contribution in [1.29, 1.82) is 0 Å². The van der Waals surface area contributed by atoms with E-state index in [9.17, 15) is 24.3 Å². The molecule has 1 amide bonds. The van der Waals surface area contributed by atoms with E-state index in [2.05, 4.69) is 19.2 Å². The summed E-state index contributed by atoms with van der Waals surface area (Å²) in [6.45, 7) is 4.24. The molecule has 0 fully saturated rings. The van der Waals surface area contributed by atoms with Gasteiger partial charge in [0.2, 0.25) is 0 Å². The van der Waals surface area contributed by atoms with Crippen LogP contribution < -0.4 is 5.32 Å². The lowest BCUT2D eigenvalue weighted by Gasteiger charge is -2.20. The SMILES string of the molecule is CCCCCCCC(=O)OCC(CSCC(NC(=O)OCC1c2ccccc2-c2ccccc21)C(=O)O)OC(=O)CCCCCCC. The Bertz CT molecular complexity index is 1240. The molecule has 47 heavy (non-hydrogen) atoms. The molecule has 2 atom stereocenters. The van der Waals surface area contributed by atoms with E-state index in [1.54, 1.807) is 0 Å². The second-order valence-electron chi connectivity index (χ2n) is 12.0. The van der Waals surface area contributed by atoms with Crippen LogP contribution in [0.5, 0.6) is 0 Å². The third-order valence-corrected chi connectivity index (χ3v) is 9.40. The van der Waals surface area contributed by atoms with E-state index in [0.29, 0.717) is 6.42 Å². The quantitative estimate of drug-likeness (QED) is 0.0690. The fourth-order valence-electron chi connectivity index (χ4n) is 5.64. The summed E-state index contributed by atoms with van der Waals surface area (Å²) >= 11 is 1.20. The van der Waals surface area contributed by atoms with Crippen LogP contribution in [0.15, 0.2) is 48.5 Å². The lowest BCUT2D eigenvalue weighted by atomic mass is 9.98. The van der Waals surface area contributed by atoms with Crippen molar-refractivity contribution in [2.24, 2.45) is 0 Å². The van der Waals surface area contributed by atoms with Gasteiger partial charge in [-0.2, -0.15) is 11.8 Å². The first kappa shape index (κ1) is 37.9. The number of hydrogen-bond donors (Lipinski definition) is 2. The van der Waals surface area contributed by atoms with Crippen LogP contribution in [-0.4, -0.2) is 66.0 Å². The average molecular weight is 670 g/mol. The van der Waals surface area contributed by atoms with Crippen molar-refractivity contribution in [2.45, 2.75) is 109 Å². The molecule has 3 rings (SSSR count). The van der Waals surface area contributed by atoms with E-state index >= 15 is 0 Å². The van der Waals surface area contributed by atoms with Gasteiger partial charge >= 0.3 is 24.0 Å². The van der Waals surface area contributed by atoms with Gasteiger partial charge in [0.05, 0.1) is 0 Å². The maximum atomic E-state index is 12.7. The molecule has 0 bridgehead atoms. The van der Waals surface area contributed by atoms with E-state index in [1.165, 1.54) is 11.8 Å². The Balaban J connectivity index is 1.49. The molecule has 258 valence electrons. The summed E-state index contributed by atoms with van der Waals surface area (Å²) in [6.07, 6.45) is 9.04. The van der Waals surface area contributed by atoms with Gasteiger partial charge in [-0.05, 0) is 35.1 Å². The maximum absolute atomic E-state index is 12.7. The zero-order valence-electron chi connectivity index (χ0n) is 27.9. The van der Waals surface area contributed by atoms with Crippen LogP contribution in [0.1, 0.15) is 108 Å². The van der Waals surface area contributed by atoms with Gasteiger partial charge in [-0.3, -0.25) is 9.59 Å². The fraction of sp³-hybridized carbons (Fsp3) is 0.568. The summed E-state index contributed by atoms with van der Waals surface area (Å²) < 4.78 is 16.6. The number of esters is 2. The third-order valence-electron chi connectivity index (χ3n) is 8.22. The number of nitrogens with one attached hydrogen (secondary N) is 1. The van der Waals surface area contributed by atoms with Crippen molar-refractivity contribution in [2.75, 3.05) is 24.7 Å². The molecule has 0 saturated heterocycles. The Morgan fingerprint density at radius 1 is 0.745 bits per heavy atom. The smallest absolute Gasteiger partial charge is 0.407 e. The Kier molecular flexibility index (Phi) is 17.2. The first-order valence-electron chi connectivity index (χ1n) is 17.1. The van der Waals surface area contributed by atoms with Gasteiger partial charge in [-0.1, -0.05) is 114 Å². The van der Waals surface area contributed by atoms with Crippen molar-refractivity contribution in [3.05, 3.63) is 59.7 Å². The monoisotopic (exact) mass is 669 g/mol. The third kappa shape index (κ3) is 13.2. The lowest BCUT2D eigenvalue weighted by Crippen LogP contribution is -2.43. The van der Waals surface area contributed by atoms with Crippen molar-refractivity contribution in [3.63, 3.8) is 0 Å². The second-order valence-corrected chi connectivity index (χ2v) is 13.1. The molecule has 2 N–H and O–H groups in total. The highest BCUT2D eigenvalue weighted by Gasteiger charge is 2.30. The first-order valence-corrected chi connectivity index (χ1v) is 18.3. The summed E-state index contributed by atoms with van der Waals surface area (Å²) in [5.74, 6) is -1.84. The molecule has 1 aliphatic carbocycles. The minimum Gasteiger partial charge on any atom is -0.480 e. The predicted octanol–water partition coefficient (Wildman–Crippen LogP) is 7.89. The number of carboxylic acids is 1. The largest absolute Gasteiger partial charge is 0.480 e. The molecule has 2 aromatic carbocycles. The van der Waals surface area contributed by atoms with Gasteiger partial charge in [-0.25, -0.2) is 9.59 Å². The molecule has 0 radical (unpaired) electrons. The van der Waals surface area contributed by atoms with E-state index in [1.807, 2.05) is 48.5 Å². The zero-order valence-corrected chi connectivity index (χ0v) is 28.7. The number of rotatable bonds is 23. The molecular weight excluding hydrogens is 618 g/mol.